The second kappa shape index (κ2) is 5.52. The molecule has 1 aromatic carbocycles. The highest BCUT2D eigenvalue weighted by Gasteiger charge is 2.24. The highest BCUT2D eigenvalue weighted by Crippen LogP contribution is 2.19. The molecule has 0 aromatic heterocycles. The average molecular weight is 293 g/mol. The summed E-state index contributed by atoms with van der Waals surface area (Å²) in [4.78, 5) is -0.363. The molecular formula is C11H14ClFN2O2S. The summed E-state index contributed by atoms with van der Waals surface area (Å²) in [5, 5.41) is 3.26. The van der Waals surface area contributed by atoms with Crippen LogP contribution in [0.5, 0.6) is 0 Å². The minimum atomic E-state index is -3.83. The number of halogens is 2. The van der Waals surface area contributed by atoms with Crippen molar-refractivity contribution in [3.8, 4) is 0 Å². The summed E-state index contributed by atoms with van der Waals surface area (Å²) in [5.41, 5.74) is 0. The minimum absolute atomic E-state index is 0.172. The molecule has 7 heteroatoms. The monoisotopic (exact) mass is 292 g/mol. The van der Waals surface area contributed by atoms with Crippen molar-refractivity contribution in [1.29, 1.82) is 0 Å². The molecule has 100 valence electrons. The number of sulfonamides is 1. The molecule has 1 aromatic rings. The first kappa shape index (κ1) is 13.7. The van der Waals surface area contributed by atoms with Crippen LogP contribution in [-0.2, 0) is 10.0 Å². The fourth-order valence-corrected chi connectivity index (χ4v) is 3.42. The van der Waals surface area contributed by atoms with E-state index in [2.05, 4.69) is 10.0 Å². The molecule has 2 rings (SSSR count). The molecule has 1 aliphatic rings. The fourth-order valence-electron chi connectivity index (χ4n) is 1.93. The van der Waals surface area contributed by atoms with Gasteiger partial charge in [0.25, 0.3) is 0 Å². The van der Waals surface area contributed by atoms with E-state index in [1.54, 1.807) is 0 Å². The molecule has 1 atom stereocenters. The van der Waals surface area contributed by atoms with Crippen molar-refractivity contribution in [3.05, 3.63) is 29.0 Å². The first-order chi connectivity index (χ1) is 8.49. The highest BCUT2D eigenvalue weighted by atomic mass is 35.5. The van der Waals surface area contributed by atoms with E-state index in [0.29, 0.717) is 6.54 Å². The van der Waals surface area contributed by atoms with E-state index >= 15 is 0 Å². The zero-order chi connectivity index (χ0) is 13.2. The molecule has 0 unspecified atom stereocenters. The largest absolute Gasteiger partial charge is 0.315 e. The predicted molar refractivity (Wildman–Crippen MR) is 67.6 cm³/mol. The van der Waals surface area contributed by atoms with Crippen LogP contribution in [0.3, 0.4) is 0 Å². The second-order valence-electron chi connectivity index (χ2n) is 4.24. The average Bonchev–Trinajstić information content (AvgIpc) is 2.29. The summed E-state index contributed by atoms with van der Waals surface area (Å²) in [7, 11) is -3.83. The van der Waals surface area contributed by atoms with Crippen LogP contribution in [0.1, 0.15) is 12.8 Å². The van der Waals surface area contributed by atoms with Crippen LogP contribution in [0, 0.1) is 5.82 Å². The molecule has 0 bridgehead atoms. The lowest BCUT2D eigenvalue weighted by molar-refractivity contribution is 0.427. The first-order valence-electron chi connectivity index (χ1n) is 5.67. The van der Waals surface area contributed by atoms with Gasteiger partial charge in [-0.1, -0.05) is 11.6 Å². The van der Waals surface area contributed by atoms with E-state index in [9.17, 15) is 12.8 Å². The molecule has 1 aliphatic heterocycles. The molecule has 2 N–H and O–H groups in total. The lowest BCUT2D eigenvalue weighted by atomic mass is 10.1. The summed E-state index contributed by atoms with van der Waals surface area (Å²) < 4.78 is 40.1. The van der Waals surface area contributed by atoms with Crippen LogP contribution in [0.15, 0.2) is 23.1 Å². The molecule has 18 heavy (non-hydrogen) atoms. The van der Waals surface area contributed by atoms with Crippen LogP contribution in [0.2, 0.25) is 5.02 Å². The Kier molecular flexibility index (Phi) is 4.21. The Morgan fingerprint density at radius 3 is 2.83 bits per heavy atom. The van der Waals surface area contributed by atoms with Gasteiger partial charge in [0, 0.05) is 17.6 Å². The summed E-state index contributed by atoms with van der Waals surface area (Å²) in [6.45, 7) is 1.45. The van der Waals surface area contributed by atoms with Gasteiger partial charge in [-0.25, -0.2) is 17.5 Å². The zero-order valence-corrected chi connectivity index (χ0v) is 11.2. The van der Waals surface area contributed by atoms with Crippen LogP contribution >= 0.6 is 11.6 Å². The number of hydrogen-bond donors (Lipinski definition) is 2. The maximum Gasteiger partial charge on any atom is 0.243 e. The Labute approximate surface area is 111 Å². The summed E-state index contributed by atoms with van der Waals surface area (Å²) in [6, 6.07) is 3.34. The van der Waals surface area contributed by atoms with Gasteiger partial charge in [0.15, 0.2) is 0 Å². The van der Waals surface area contributed by atoms with Crippen LogP contribution < -0.4 is 10.0 Å². The second-order valence-corrected chi connectivity index (χ2v) is 6.36. The number of hydrogen-bond acceptors (Lipinski definition) is 3. The van der Waals surface area contributed by atoms with Crippen molar-refractivity contribution in [2.75, 3.05) is 13.1 Å². The van der Waals surface area contributed by atoms with Crippen molar-refractivity contribution in [2.45, 2.75) is 23.8 Å². The quantitative estimate of drug-likeness (QED) is 0.888. The van der Waals surface area contributed by atoms with Crippen molar-refractivity contribution < 1.29 is 12.8 Å². The van der Waals surface area contributed by atoms with E-state index < -0.39 is 15.8 Å². The molecule has 1 saturated heterocycles. The van der Waals surface area contributed by atoms with Gasteiger partial charge >= 0.3 is 0 Å². The normalized spacial score (nSPS) is 20.9. The number of piperidine rings is 1. The Morgan fingerprint density at radius 1 is 1.44 bits per heavy atom. The Balaban J connectivity index is 2.19. The summed E-state index contributed by atoms with van der Waals surface area (Å²) in [6.07, 6.45) is 1.65. The molecule has 0 aliphatic carbocycles. The minimum Gasteiger partial charge on any atom is -0.315 e. The van der Waals surface area contributed by atoms with E-state index in [4.69, 9.17) is 11.6 Å². The van der Waals surface area contributed by atoms with Gasteiger partial charge in [-0.2, -0.15) is 0 Å². The van der Waals surface area contributed by atoms with Gasteiger partial charge in [0.2, 0.25) is 10.0 Å². The summed E-state index contributed by atoms with van der Waals surface area (Å²) >= 11 is 5.59. The van der Waals surface area contributed by atoms with Gasteiger partial charge in [0.05, 0.1) is 0 Å². The Bertz CT molecular complexity index is 530. The van der Waals surface area contributed by atoms with Gasteiger partial charge < -0.3 is 5.32 Å². The molecule has 4 nitrogen and oxygen atoms in total. The molecule has 1 fully saturated rings. The lowest BCUT2D eigenvalue weighted by Crippen LogP contribution is -2.45. The summed E-state index contributed by atoms with van der Waals surface area (Å²) in [5.74, 6) is -0.834. The number of rotatable bonds is 3. The molecular weight excluding hydrogens is 279 g/mol. The van der Waals surface area contributed by atoms with E-state index in [1.165, 1.54) is 12.1 Å². The molecule has 0 spiro atoms. The van der Waals surface area contributed by atoms with E-state index in [1.807, 2.05) is 0 Å². The van der Waals surface area contributed by atoms with Crippen LogP contribution in [-0.4, -0.2) is 27.5 Å². The lowest BCUT2D eigenvalue weighted by Gasteiger charge is -2.23. The maximum atomic E-state index is 13.6. The topological polar surface area (TPSA) is 58.2 Å². The highest BCUT2D eigenvalue weighted by molar-refractivity contribution is 7.89. The van der Waals surface area contributed by atoms with Gasteiger partial charge in [-0.3, -0.25) is 0 Å². The smallest absolute Gasteiger partial charge is 0.243 e. The third kappa shape index (κ3) is 3.20. The third-order valence-electron chi connectivity index (χ3n) is 2.80. The van der Waals surface area contributed by atoms with E-state index in [0.717, 1.165) is 25.5 Å². The van der Waals surface area contributed by atoms with Crippen LogP contribution in [0.4, 0.5) is 4.39 Å². The van der Waals surface area contributed by atoms with Crippen molar-refractivity contribution in [3.63, 3.8) is 0 Å². The van der Waals surface area contributed by atoms with Crippen molar-refractivity contribution in [2.24, 2.45) is 0 Å². The van der Waals surface area contributed by atoms with Gasteiger partial charge in [-0.05, 0) is 37.6 Å². The first-order valence-corrected chi connectivity index (χ1v) is 7.53. The number of nitrogens with one attached hydrogen (secondary N) is 2. The Morgan fingerprint density at radius 2 is 2.22 bits per heavy atom. The maximum absolute atomic E-state index is 13.6. The zero-order valence-electron chi connectivity index (χ0n) is 9.62. The van der Waals surface area contributed by atoms with Gasteiger partial charge in [0.1, 0.15) is 10.7 Å². The predicted octanol–water partition coefficient (Wildman–Crippen LogP) is 1.51. The van der Waals surface area contributed by atoms with Crippen LogP contribution in [0.25, 0.3) is 0 Å². The Hall–Kier alpha value is -0.690. The molecule has 0 radical (unpaired) electrons. The van der Waals surface area contributed by atoms with Crippen molar-refractivity contribution in [1.82, 2.24) is 10.0 Å². The fraction of sp³-hybridized carbons (Fsp3) is 0.455. The standard InChI is InChI=1S/C11H14ClFN2O2S/c12-8-3-4-11(10(13)6-8)18(16,17)15-9-2-1-5-14-7-9/h3-4,6,9,14-15H,1-2,5,7H2/t9-/m0/s1. The molecule has 1 heterocycles. The van der Waals surface area contributed by atoms with Crippen molar-refractivity contribution >= 4 is 21.6 Å². The number of benzene rings is 1. The SMILES string of the molecule is O=S(=O)(N[C@H]1CCCNC1)c1ccc(Cl)cc1F. The molecule has 0 amide bonds. The molecule has 0 saturated carbocycles. The van der Waals surface area contributed by atoms with E-state index in [-0.39, 0.29) is 16.0 Å². The third-order valence-corrected chi connectivity index (χ3v) is 4.59. The van der Waals surface area contributed by atoms with Gasteiger partial charge in [-0.15, -0.1) is 0 Å².